The standard InChI is InChI=1S/C19H16N2O3/c22-15(7-6-12-3-2-9-20-11-12)16-18(23)14-5-1-4-13-8-10-21(17(13)14)19(16)24/h1-5,9,11,23H,6-8,10H2. The zero-order chi connectivity index (χ0) is 16.7. The Kier molecular flexibility index (Phi) is 3.41. The number of pyridine rings is 2. The molecule has 4 rings (SSSR count). The number of hydrogen-bond acceptors (Lipinski definition) is 4. The molecular weight excluding hydrogens is 304 g/mol. The fourth-order valence-electron chi connectivity index (χ4n) is 3.40. The lowest BCUT2D eigenvalue weighted by Gasteiger charge is -2.10. The number of rotatable bonds is 4. The molecule has 1 N–H and O–H groups in total. The average molecular weight is 320 g/mol. The van der Waals surface area contributed by atoms with Gasteiger partial charge in [-0.3, -0.25) is 14.6 Å². The molecule has 24 heavy (non-hydrogen) atoms. The van der Waals surface area contributed by atoms with Crippen LogP contribution in [0.25, 0.3) is 10.9 Å². The molecule has 1 aliphatic rings. The van der Waals surface area contributed by atoms with E-state index in [1.54, 1.807) is 23.0 Å². The molecule has 1 aliphatic heterocycles. The van der Waals surface area contributed by atoms with Gasteiger partial charge in [-0.05, 0) is 36.1 Å². The van der Waals surface area contributed by atoms with Crippen molar-refractivity contribution in [3.8, 4) is 5.75 Å². The second kappa shape index (κ2) is 5.60. The van der Waals surface area contributed by atoms with Crippen molar-refractivity contribution in [2.24, 2.45) is 0 Å². The quantitative estimate of drug-likeness (QED) is 0.750. The minimum Gasteiger partial charge on any atom is -0.506 e. The third-order valence-corrected chi connectivity index (χ3v) is 4.59. The molecule has 2 aromatic heterocycles. The summed E-state index contributed by atoms with van der Waals surface area (Å²) in [7, 11) is 0. The van der Waals surface area contributed by atoms with Gasteiger partial charge in [0.25, 0.3) is 5.56 Å². The van der Waals surface area contributed by atoms with Crippen molar-refractivity contribution in [3.05, 3.63) is 69.8 Å². The van der Waals surface area contributed by atoms with E-state index in [1.807, 2.05) is 24.3 Å². The van der Waals surface area contributed by atoms with Gasteiger partial charge in [0.15, 0.2) is 5.78 Å². The van der Waals surface area contributed by atoms with E-state index in [9.17, 15) is 14.7 Å². The third-order valence-electron chi connectivity index (χ3n) is 4.59. The second-order valence-corrected chi connectivity index (χ2v) is 6.03. The SMILES string of the molecule is O=C(CCc1cccnc1)c1c(O)c2cccc3c2n(c1=O)CC3. The van der Waals surface area contributed by atoms with E-state index in [-0.39, 0.29) is 29.1 Å². The van der Waals surface area contributed by atoms with Gasteiger partial charge < -0.3 is 9.67 Å². The van der Waals surface area contributed by atoms with Crippen molar-refractivity contribution >= 4 is 16.7 Å². The number of carbonyl (C=O) groups is 1. The average Bonchev–Trinajstić information content (AvgIpc) is 3.04. The molecule has 0 atom stereocenters. The van der Waals surface area contributed by atoms with E-state index in [4.69, 9.17) is 0 Å². The summed E-state index contributed by atoms with van der Waals surface area (Å²) in [6.45, 7) is 0.553. The van der Waals surface area contributed by atoms with Gasteiger partial charge in [0.1, 0.15) is 11.3 Å². The Bertz CT molecular complexity index is 1010. The van der Waals surface area contributed by atoms with E-state index in [0.717, 1.165) is 23.1 Å². The Hall–Kier alpha value is -2.95. The van der Waals surface area contributed by atoms with Gasteiger partial charge in [-0.25, -0.2) is 0 Å². The normalized spacial score (nSPS) is 12.7. The number of hydrogen-bond donors (Lipinski definition) is 1. The number of benzene rings is 1. The summed E-state index contributed by atoms with van der Waals surface area (Å²) >= 11 is 0. The van der Waals surface area contributed by atoms with Crippen LogP contribution in [0.2, 0.25) is 0 Å². The lowest BCUT2D eigenvalue weighted by atomic mass is 10.0. The van der Waals surface area contributed by atoms with Crippen LogP contribution in [0.3, 0.4) is 0 Å². The van der Waals surface area contributed by atoms with Gasteiger partial charge in [-0.15, -0.1) is 0 Å². The highest BCUT2D eigenvalue weighted by Crippen LogP contribution is 2.32. The first-order valence-corrected chi connectivity index (χ1v) is 7.96. The Balaban J connectivity index is 1.75. The Morgan fingerprint density at radius 3 is 2.92 bits per heavy atom. The molecule has 0 aliphatic carbocycles. The van der Waals surface area contributed by atoms with Gasteiger partial charge in [-0.2, -0.15) is 0 Å². The van der Waals surface area contributed by atoms with Crippen LogP contribution >= 0.6 is 0 Å². The van der Waals surface area contributed by atoms with Gasteiger partial charge >= 0.3 is 0 Å². The number of para-hydroxylation sites is 1. The predicted octanol–water partition coefficient (Wildman–Crippen LogP) is 2.47. The molecule has 0 spiro atoms. The van der Waals surface area contributed by atoms with E-state index in [1.165, 1.54) is 0 Å². The largest absolute Gasteiger partial charge is 0.506 e. The highest BCUT2D eigenvalue weighted by molar-refractivity contribution is 6.04. The van der Waals surface area contributed by atoms with Crippen molar-refractivity contribution in [2.45, 2.75) is 25.8 Å². The van der Waals surface area contributed by atoms with Crippen LogP contribution < -0.4 is 5.56 Å². The molecule has 0 saturated heterocycles. The first-order valence-electron chi connectivity index (χ1n) is 7.96. The number of aromatic nitrogens is 2. The van der Waals surface area contributed by atoms with Gasteiger partial charge in [0, 0.05) is 30.7 Å². The van der Waals surface area contributed by atoms with Crippen LogP contribution in [-0.2, 0) is 19.4 Å². The minimum atomic E-state index is -0.388. The summed E-state index contributed by atoms with van der Waals surface area (Å²) < 4.78 is 1.61. The molecule has 120 valence electrons. The monoisotopic (exact) mass is 320 g/mol. The maximum absolute atomic E-state index is 12.7. The number of carbonyl (C=O) groups excluding carboxylic acids is 1. The molecule has 0 bridgehead atoms. The Morgan fingerprint density at radius 2 is 2.12 bits per heavy atom. The molecule has 3 heterocycles. The van der Waals surface area contributed by atoms with E-state index < -0.39 is 0 Å². The summed E-state index contributed by atoms with van der Waals surface area (Å²) in [5.41, 5.74) is 2.24. The molecule has 3 aromatic rings. The Labute approximate surface area is 138 Å². The van der Waals surface area contributed by atoms with Crippen LogP contribution in [0, 0.1) is 0 Å². The van der Waals surface area contributed by atoms with Gasteiger partial charge in [-0.1, -0.05) is 18.2 Å². The zero-order valence-corrected chi connectivity index (χ0v) is 13.0. The highest BCUT2D eigenvalue weighted by atomic mass is 16.3. The fourth-order valence-corrected chi connectivity index (χ4v) is 3.40. The highest BCUT2D eigenvalue weighted by Gasteiger charge is 2.25. The van der Waals surface area contributed by atoms with E-state index in [2.05, 4.69) is 4.98 Å². The third kappa shape index (κ3) is 2.21. The van der Waals surface area contributed by atoms with Crippen molar-refractivity contribution in [3.63, 3.8) is 0 Å². The lowest BCUT2D eigenvalue weighted by Crippen LogP contribution is -2.25. The molecular formula is C19H16N2O3. The molecule has 0 unspecified atom stereocenters. The smallest absolute Gasteiger partial charge is 0.265 e. The first kappa shape index (κ1) is 14.6. The topological polar surface area (TPSA) is 72.2 Å². The predicted molar refractivity (Wildman–Crippen MR) is 90.5 cm³/mol. The Morgan fingerprint density at radius 1 is 1.25 bits per heavy atom. The van der Waals surface area contributed by atoms with Crippen molar-refractivity contribution < 1.29 is 9.90 Å². The maximum Gasteiger partial charge on any atom is 0.265 e. The van der Waals surface area contributed by atoms with Crippen LogP contribution in [0.1, 0.15) is 27.9 Å². The van der Waals surface area contributed by atoms with Crippen LogP contribution in [0.4, 0.5) is 0 Å². The lowest BCUT2D eigenvalue weighted by molar-refractivity contribution is 0.0978. The molecule has 0 amide bonds. The molecule has 0 fully saturated rings. The van der Waals surface area contributed by atoms with Gasteiger partial charge in [0.05, 0.1) is 5.52 Å². The fraction of sp³-hybridized carbons (Fsp3) is 0.211. The van der Waals surface area contributed by atoms with Crippen molar-refractivity contribution in [1.29, 1.82) is 0 Å². The van der Waals surface area contributed by atoms with Crippen molar-refractivity contribution in [1.82, 2.24) is 9.55 Å². The summed E-state index contributed by atoms with van der Waals surface area (Å²) in [6.07, 6.45) is 4.78. The number of Topliss-reactive ketones (excluding diaryl/α,β-unsaturated/α-hetero) is 1. The maximum atomic E-state index is 12.7. The van der Waals surface area contributed by atoms with E-state index in [0.29, 0.717) is 18.4 Å². The van der Waals surface area contributed by atoms with Gasteiger partial charge in [0.2, 0.25) is 0 Å². The summed E-state index contributed by atoms with van der Waals surface area (Å²) in [5.74, 6) is -0.518. The zero-order valence-electron chi connectivity index (χ0n) is 13.0. The summed E-state index contributed by atoms with van der Waals surface area (Å²) in [4.78, 5) is 29.3. The molecule has 5 heteroatoms. The first-order chi connectivity index (χ1) is 11.7. The summed E-state index contributed by atoms with van der Waals surface area (Å²) in [6, 6.07) is 9.26. The molecule has 0 saturated carbocycles. The van der Waals surface area contributed by atoms with Crippen molar-refractivity contribution in [2.75, 3.05) is 0 Å². The number of aryl methyl sites for hydroxylation is 3. The number of aromatic hydroxyl groups is 1. The molecule has 0 radical (unpaired) electrons. The van der Waals surface area contributed by atoms with E-state index >= 15 is 0 Å². The minimum absolute atomic E-state index is 0.0922. The number of nitrogens with zero attached hydrogens (tertiary/aromatic N) is 2. The molecule has 1 aromatic carbocycles. The summed E-state index contributed by atoms with van der Waals surface area (Å²) in [5, 5.41) is 11.1. The number of ketones is 1. The van der Waals surface area contributed by atoms with Crippen LogP contribution in [-0.4, -0.2) is 20.4 Å². The van der Waals surface area contributed by atoms with Crippen LogP contribution in [0.5, 0.6) is 5.75 Å². The molecule has 5 nitrogen and oxygen atoms in total. The second-order valence-electron chi connectivity index (χ2n) is 6.03. The van der Waals surface area contributed by atoms with Crippen LogP contribution in [0.15, 0.2) is 47.5 Å².